The molecule has 0 bridgehead atoms. The Bertz CT molecular complexity index is 369. The Labute approximate surface area is 93.1 Å². The van der Waals surface area contributed by atoms with Crippen molar-refractivity contribution < 1.29 is 9.66 Å². The Kier molecular flexibility index (Phi) is 3.19. The molecule has 6 nitrogen and oxygen atoms in total. The summed E-state index contributed by atoms with van der Waals surface area (Å²) in [7, 11) is 1.71. The highest BCUT2D eigenvalue weighted by Gasteiger charge is 2.28. The van der Waals surface area contributed by atoms with Crippen LogP contribution >= 0.6 is 0 Å². The lowest BCUT2D eigenvalue weighted by atomic mass is 9.85. The molecule has 0 unspecified atom stereocenters. The molecule has 88 valence electrons. The van der Waals surface area contributed by atoms with Crippen LogP contribution in [0.4, 0.5) is 5.69 Å². The number of nitrogens with zero attached hydrogens (tertiary/aromatic N) is 2. The predicted octanol–water partition coefficient (Wildman–Crippen LogP) is 1.99. The number of aromatic amines is 1. The summed E-state index contributed by atoms with van der Waals surface area (Å²) in [5, 5.41) is 17.3. The van der Waals surface area contributed by atoms with Crippen LogP contribution in [0.5, 0.6) is 0 Å². The summed E-state index contributed by atoms with van der Waals surface area (Å²) in [6, 6.07) is 0. The number of ether oxygens (including phenoxy) is 1. The summed E-state index contributed by atoms with van der Waals surface area (Å²) in [6.45, 7) is 0. The number of H-pyrrole nitrogens is 1. The SMILES string of the molecule is COC1CCC(c2[nH]ncc2[N+](=O)[O-])CC1. The number of rotatable bonds is 3. The minimum absolute atomic E-state index is 0.112. The average Bonchev–Trinajstić information content (AvgIpc) is 2.78. The van der Waals surface area contributed by atoms with Crippen LogP contribution < -0.4 is 0 Å². The van der Waals surface area contributed by atoms with E-state index in [9.17, 15) is 10.1 Å². The highest BCUT2D eigenvalue weighted by Crippen LogP contribution is 2.36. The first-order valence-electron chi connectivity index (χ1n) is 5.42. The highest BCUT2D eigenvalue weighted by molar-refractivity contribution is 5.34. The van der Waals surface area contributed by atoms with Gasteiger partial charge in [-0.25, -0.2) is 0 Å². The molecule has 0 saturated heterocycles. The molecule has 1 aromatic heterocycles. The molecule has 0 aromatic carbocycles. The molecule has 0 atom stereocenters. The van der Waals surface area contributed by atoms with Crippen molar-refractivity contribution in [2.45, 2.75) is 37.7 Å². The minimum atomic E-state index is -0.374. The first-order valence-corrected chi connectivity index (χ1v) is 5.42. The van der Waals surface area contributed by atoms with Crippen LogP contribution in [0.15, 0.2) is 6.20 Å². The van der Waals surface area contributed by atoms with E-state index < -0.39 is 0 Å². The zero-order valence-electron chi connectivity index (χ0n) is 9.18. The van der Waals surface area contributed by atoms with E-state index in [0.717, 1.165) is 25.7 Å². The lowest BCUT2D eigenvalue weighted by Crippen LogP contribution is -2.19. The van der Waals surface area contributed by atoms with E-state index in [0.29, 0.717) is 11.8 Å². The van der Waals surface area contributed by atoms with Crippen LogP contribution in [0, 0.1) is 10.1 Å². The molecule has 0 radical (unpaired) electrons. The number of methoxy groups -OCH3 is 1. The van der Waals surface area contributed by atoms with Crippen LogP contribution in [0.3, 0.4) is 0 Å². The fourth-order valence-electron chi connectivity index (χ4n) is 2.32. The Morgan fingerprint density at radius 3 is 2.75 bits per heavy atom. The fourth-order valence-corrected chi connectivity index (χ4v) is 2.32. The number of hydrogen-bond acceptors (Lipinski definition) is 4. The van der Waals surface area contributed by atoms with Gasteiger partial charge in [0.1, 0.15) is 11.9 Å². The highest BCUT2D eigenvalue weighted by atomic mass is 16.6. The second-order valence-electron chi connectivity index (χ2n) is 4.14. The summed E-state index contributed by atoms with van der Waals surface area (Å²) < 4.78 is 5.27. The molecule has 1 aliphatic carbocycles. The standard InChI is InChI=1S/C10H15N3O3/c1-16-8-4-2-7(3-5-8)10-9(13(14)15)6-11-12-10/h6-8H,2-5H2,1H3,(H,11,12). The van der Waals surface area contributed by atoms with Gasteiger partial charge in [-0.15, -0.1) is 0 Å². The molecule has 16 heavy (non-hydrogen) atoms. The maximum atomic E-state index is 10.8. The van der Waals surface area contributed by atoms with Gasteiger partial charge >= 0.3 is 5.69 Å². The van der Waals surface area contributed by atoms with Crippen molar-refractivity contribution in [2.24, 2.45) is 0 Å². The van der Waals surface area contributed by atoms with E-state index >= 15 is 0 Å². The average molecular weight is 225 g/mol. The first-order chi connectivity index (χ1) is 7.72. The molecular weight excluding hydrogens is 210 g/mol. The normalized spacial score (nSPS) is 25.6. The molecule has 0 aliphatic heterocycles. The van der Waals surface area contributed by atoms with E-state index in [2.05, 4.69) is 10.2 Å². The fraction of sp³-hybridized carbons (Fsp3) is 0.700. The number of nitro groups is 1. The summed E-state index contributed by atoms with van der Waals surface area (Å²) in [5.41, 5.74) is 0.778. The van der Waals surface area contributed by atoms with Crippen LogP contribution in [0.1, 0.15) is 37.3 Å². The Balaban J connectivity index is 2.08. The maximum Gasteiger partial charge on any atom is 0.310 e. The molecule has 1 aromatic rings. The van der Waals surface area contributed by atoms with Gasteiger partial charge in [0.2, 0.25) is 0 Å². The Morgan fingerprint density at radius 1 is 1.50 bits per heavy atom. The smallest absolute Gasteiger partial charge is 0.310 e. The van der Waals surface area contributed by atoms with Crippen LogP contribution in [-0.2, 0) is 4.74 Å². The molecule has 2 rings (SSSR count). The van der Waals surface area contributed by atoms with Gasteiger partial charge < -0.3 is 4.74 Å². The van der Waals surface area contributed by atoms with Crippen LogP contribution in [0.2, 0.25) is 0 Å². The van der Waals surface area contributed by atoms with Gasteiger partial charge in [0.15, 0.2) is 0 Å². The van der Waals surface area contributed by atoms with E-state index in [4.69, 9.17) is 4.74 Å². The van der Waals surface area contributed by atoms with Gasteiger partial charge in [0.05, 0.1) is 11.0 Å². The zero-order chi connectivity index (χ0) is 11.5. The molecular formula is C10H15N3O3. The number of hydrogen-bond donors (Lipinski definition) is 1. The lowest BCUT2D eigenvalue weighted by Gasteiger charge is -2.26. The van der Waals surface area contributed by atoms with Crippen LogP contribution in [0.25, 0.3) is 0 Å². The topological polar surface area (TPSA) is 81.0 Å². The molecule has 1 heterocycles. The monoisotopic (exact) mass is 225 g/mol. The van der Waals surface area contributed by atoms with Crippen LogP contribution in [-0.4, -0.2) is 28.3 Å². The summed E-state index contributed by atoms with van der Waals surface area (Å²) >= 11 is 0. The molecule has 1 N–H and O–H groups in total. The van der Waals surface area contributed by atoms with Crippen molar-refractivity contribution in [1.82, 2.24) is 10.2 Å². The van der Waals surface area contributed by atoms with Gasteiger partial charge in [0.25, 0.3) is 0 Å². The summed E-state index contributed by atoms with van der Waals surface area (Å²) in [4.78, 5) is 10.4. The Hall–Kier alpha value is -1.43. The molecule has 6 heteroatoms. The zero-order valence-corrected chi connectivity index (χ0v) is 9.18. The summed E-state index contributed by atoms with van der Waals surface area (Å²) in [6.07, 6.45) is 5.34. The number of aromatic nitrogens is 2. The lowest BCUT2D eigenvalue weighted by molar-refractivity contribution is -0.385. The molecule has 1 aliphatic rings. The largest absolute Gasteiger partial charge is 0.381 e. The van der Waals surface area contributed by atoms with Crippen molar-refractivity contribution >= 4 is 5.69 Å². The quantitative estimate of drug-likeness (QED) is 0.630. The van der Waals surface area contributed by atoms with Crippen molar-refractivity contribution in [3.63, 3.8) is 0 Å². The second kappa shape index (κ2) is 4.61. The van der Waals surface area contributed by atoms with E-state index in [-0.39, 0.29) is 16.5 Å². The maximum absolute atomic E-state index is 10.8. The van der Waals surface area contributed by atoms with Crippen molar-refractivity contribution in [1.29, 1.82) is 0 Å². The Morgan fingerprint density at radius 2 is 2.19 bits per heavy atom. The molecule has 1 saturated carbocycles. The van der Waals surface area contributed by atoms with E-state index in [1.807, 2.05) is 0 Å². The van der Waals surface area contributed by atoms with Crippen molar-refractivity contribution in [3.05, 3.63) is 22.0 Å². The van der Waals surface area contributed by atoms with Gasteiger partial charge in [-0.2, -0.15) is 5.10 Å². The van der Waals surface area contributed by atoms with E-state index in [1.165, 1.54) is 6.20 Å². The third kappa shape index (κ3) is 2.06. The van der Waals surface area contributed by atoms with Gasteiger partial charge in [0, 0.05) is 13.0 Å². The number of nitrogens with one attached hydrogen (secondary N) is 1. The predicted molar refractivity (Wildman–Crippen MR) is 57.2 cm³/mol. The van der Waals surface area contributed by atoms with Crippen molar-refractivity contribution in [3.8, 4) is 0 Å². The van der Waals surface area contributed by atoms with Gasteiger partial charge in [-0.05, 0) is 25.7 Å². The summed E-state index contributed by atoms with van der Waals surface area (Å²) in [5.74, 6) is 0.217. The molecule has 1 fully saturated rings. The third-order valence-corrected chi connectivity index (χ3v) is 3.26. The third-order valence-electron chi connectivity index (χ3n) is 3.26. The van der Waals surface area contributed by atoms with E-state index in [1.54, 1.807) is 7.11 Å². The van der Waals surface area contributed by atoms with Gasteiger partial charge in [-0.3, -0.25) is 15.2 Å². The molecule has 0 spiro atoms. The van der Waals surface area contributed by atoms with Crippen molar-refractivity contribution in [2.75, 3.05) is 7.11 Å². The van der Waals surface area contributed by atoms with Gasteiger partial charge in [-0.1, -0.05) is 0 Å². The molecule has 0 amide bonds. The first kappa shape index (κ1) is 11.1. The second-order valence-corrected chi connectivity index (χ2v) is 4.14. The minimum Gasteiger partial charge on any atom is -0.381 e.